The van der Waals surface area contributed by atoms with Crippen LogP contribution < -0.4 is 23.7 Å². The Bertz CT molecular complexity index is 2550. The van der Waals surface area contributed by atoms with Gasteiger partial charge in [0.2, 0.25) is 0 Å². The second-order valence-corrected chi connectivity index (χ2v) is 16.8. The Labute approximate surface area is 334 Å². The normalized spacial score (nSPS) is 11.5. The van der Waals surface area contributed by atoms with Crippen LogP contribution in [-0.2, 0) is 26.9 Å². The summed E-state index contributed by atoms with van der Waals surface area (Å²) in [5, 5.41) is 3.01. The van der Waals surface area contributed by atoms with Crippen LogP contribution in [0.5, 0.6) is 17.2 Å². The molecular weight excluding hydrogens is 763 g/mol. The average Bonchev–Trinajstić information content (AvgIpc) is 3.19. The van der Waals surface area contributed by atoms with Gasteiger partial charge in [0, 0.05) is 25.0 Å². The van der Waals surface area contributed by atoms with E-state index in [9.17, 15) is 21.6 Å². The maximum absolute atomic E-state index is 13.6. The molecule has 0 aliphatic carbocycles. The van der Waals surface area contributed by atoms with E-state index in [1.807, 2.05) is 99.6 Å². The van der Waals surface area contributed by atoms with Gasteiger partial charge in [-0.15, -0.1) is 0 Å². The van der Waals surface area contributed by atoms with Gasteiger partial charge < -0.3 is 19.0 Å². The number of ether oxygens (including phenoxy) is 2. The number of anilines is 2. The molecule has 0 saturated heterocycles. The highest BCUT2D eigenvalue weighted by molar-refractivity contribution is 7.92. The molecule has 2 N–H and O–H groups in total. The first-order valence-electron chi connectivity index (χ1n) is 18.0. The van der Waals surface area contributed by atoms with E-state index in [0.717, 1.165) is 32.1 Å². The minimum atomic E-state index is -4.21. The number of benzene rings is 6. The highest BCUT2D eigenvalue weighted by Gasteiger charge is 2.22. The first kappa shape index (κ1) is 40.5. The number of nitrogens with zero attached hydrogens (tertiary/aromatic N) is 1. The molecule has 6 rings (SSSR count). The molecule has 0 spiro atoms. The number of rotatable bonds is 16. The van der Waals surface area contributed by atoms with Crippen LogP contribution in [0.25, 0.3) is 11.1 Å². The van der Waals surface area contributed by atoms with Gasteiger partial charge in [-0.3, -0.25) is 9.52 Å². The minimum absolute atomic E-state index is 0.0182. The van der Waals surface area contributed by atoms with Crippen molar-refractivity contribution in [3.05, 3.63) is 167 Å². The van der Waals surface area contributed by atoms with Crippen LogP contribution in [-0.4, -0.2) is 47.3 Å². The van der Waals surface area contributed by atoms with Crippen molar-refractivity contribution < 1.29 is 35.3 Å². The second kappa shape index (κ2) is 17.8. The summed E-state index contributed by atoms with van der Waals surface area (Å²) in [5.41, 5.74) is 6.53. The lowest BCUT2D eigenvalue weighted by Crippen LogP contribution is -2.30. The predicted molar refractivity (Wildman–Crippen MR) is 223 cm³/mol. The molecule has 0 aliphatic heterocycles. The smallest absolute Gasteiger partial charge is 0.385 e. The monoisotopic (exact) mass is 805 g/mol. The number of amides is 1. The van der Waals surface area contributed by atoms with Crippen molar-refractivity contribution in [2.24, 2.45) is 0 Å². The predicted octanol–water partition coefficient (Wildman–Crippen LogP) is 8.55. The second-order valence-electron chi connectivity index (χ2n) is 13.4. The lowest BCUT2D eigenvalue weighted by atomic mass is 10.0. The summed E-state index contributed by atoms with van der Waals surface area (Å²) < 4.78 is 72.6. The van der Waals surface area contributed by atoms with Crippen LogP contribution >= 0.6 is 0 Å². The van der Waals surface area contributed by atoms with Crippen LogP contribution in [0.15, 0.2) is 144 Å². The number of para-hydroxylation sites is 1. The molecule has 13 heteroatoms. The molecule has 294 valence electrons. The maximum Gasteiger partial charge on any atom is 0.385 e. The van der Waals surface area contributed by atoms with Gasteiger partial charge in [-0.25, -0.2) is 8.42 Å². The zero-order chi connectivity index (χ0) is 40.6. The first-order valence-corrected chi connectivity index (χ1v) is 20.9. The number of hydrogen-bond acceptors (Lipinski definition) is 8. The summed E-state index contributed by atoms with van der Waals surface area (Å²) in [6.07, 6.45) is 0. The van der Waals surface area contributed by atoms with Crippen molar-refractivity contribution in [3.8, 4) is 28.4 Å². The average molecular weight is 806 g/mol. The van der Waals surface area contributed by atoms with Crippen LogP contribution in [0.4, 0.5) is 11.4 Å². The summed E-state index contributed by atoms with van der Waals surface area (Å²) >= 11 is 0. The summed E-state index contributed by atoms with van der Waals surface area (Å²) in [6, 6.07) is 40.0. The molecule has 0 radical (unpaired) electrons. The Morgan fingerprint density at radius 3 is 2.00 bits per heavy atom. The number of aryl methyl sites for hydroxylation is 3. The number of hydrogen-bond donors (Lipinski definition) is 2. The molecule has 11 nitrogen and oxygen atoms in total. The molecule has 57 heavy (non-hydrogen) atoms. The third-order valence-electron chi connectivity index (χ3n) is 8.93. The quantitative estimate of drug-likeness (QED) is 0.0928. The largest absolute Gasteiger partial charge is 0.490 e. The molecule has 0 bridgehead atoms. The highest BCUT2D eigenvalue weighted by atomic mass is 32.2. The molecular formula is C44H43N3O8S2. The maximum atomic E-state index is 13.6. The van der Waals surface area contributed by atoms with Crippen LogP contribution in [0.3, 0.4) is 0 Å². The summed E-state index contributed by atoms with van der Waals surface area (Å²) in [7, 11) is -6.64. The topological polar surface area (TPSA) is 140 Å². The molecule has 0 saturated carbocycles. The SMILES string of the molecule is Cc1ccc(S(=O)(=O)Nc2ccc(OS(=O)(=O)N(C)Cc3ccc(-c4ccc(C(=O)Nc5cc(C)ccc5C)c(OCCOc5ccccc5)c4)cc3)cc2)cc1. The summed E-state index contributed by atoms with van der Waals surface area (Å²) in [6.45, 7) is 6.24. The molecule has 0 atom stereocenters. The zero-order valence-electron chi connectivity index (χ0n) is 31.9. The fourth-order valence-corrected chi connectivity index (χ4v) is 7.58. The number of carbonyl (C=O) groups excluding carboxylic acids is 1. The Hall–Kier alpha value is -6.15. The van der Waals surface area contributed by atoms with Gasteiger partial charge in [0.05, 0.1) is 10.5 Å². The van der Waals surface area contributed by atoms with Crippen molar-refractivity contribution in [1.82, 2.24) is 4.31 Å². The van der Waals surface area contributed by atoms with Crippen LogP contribution in [0, 0.1) is 20.8 Å². The summed E-state index contributed by atoms with van der Waals surface area (Å²) in [5.74, 6) is 0.806. The zero-order valence-corrected chi connectivity index (χ0v) is 33.6. The molecule has 0 heterocycles. The van der Waals surface area contributed by atoms with Crippen molar-refractivity contribution >= 4 is 37.6 Å². The lowest BCUT2D eigenvalue weighted by molar-refractivity contribution is 0.102. The van der Waals surface area contributed by atoms with E-state index >= 15 is 0 Å². The van der Waals surface area contributed by atoms with Crippen molar-refractivity contribution in [1.29, 1.82) is 0 Å². The molecule has 6 aromatic rings. The van der Waals surface area contributed by atoms with Gasteiger partial charge in [0.15, 0.2) is 0 Å². The Balaban J connectivity index is 1.11. The van der Waals surface area contributed by atoms with E-state index in [0.29, 0.717) is 28.3 Å². The number of carbonyl (C=O) groups is 1. The van der Waals surface area contributed by atoms with Crippen molar-refractivity contribution in [2.45, 2.75) is 32.2 Å². The minimum Gasteiger partial charge on any atom is -0.490 e. The van der Waals surface area contributed by atoms with E-state index in [1.165, 1.54) is 43.4 Å². The highest BCUT2D eigenvalue weighted by Crippen LogP contribution is 2.30. The first-order chi connectivity index (χ1) is 27.3. The Morgan fingerprint density at radius 2 is 1.30 bits per heavy atom. The lowest BCUT2D eigenvalue weighted by Gasteiger charge is -2.18. The molecule has 0 aromatic heterocycles. The third-order valence-corrected chi connectivity index (χ3v) is 11.6. The van der Waals surface area contributed by atoms with E-state index in [2.05, 4.69) is 10.0 Å². The van der Waals surface area contributed by atoms with Gasteiger partial charge in [0.1, 0.15) is 30.5 Å². The van der Waals surface area contributed by atoms with E-state index in [4.69, 9.17) is 13.7 Å². The van der Waals surface area contributed by atoms with Gasteiger partial charge >= 0.3 is 10.3 Å². The van der Waals surface area contributed by atoms with E-state index in [1.54, 1.807) is 24.3 Å². The Kier molecular flexibility index (Phi) is 12.6. The molecule has 6 aromatic carbocycles. The standard InChI is InChI=1S/C44H43N3O8S2/c1-31-11-23-40(24-12-31)56(49,50)46-37-19-21-39(22-20-37)55-57(51,52)47(4)30-34-14-16-35(17-15-34)36-18-25-41(44(48)45-42-28-32(2)10-13-33(42)3)43(29-36)54-27-26-53-38-8-6-5-7-9-38/h5-25,28-29,46H,26-27,30H2,1-4H3,(H,45,48). The summed E-state index contributed by atoms with van der Waals surface area (Å²) in [4.78, 5) is 13.7. The van der Waals surface area contributed by atoms with Gasteiger partial charge in [0.25, 0.3) is 15.9 Å². The van der Waals surface area contributed by atoms with Crippen LogP contribution in [0.2, 0.25) is 0 Å². The van der Waals surface area contributed by atoms with E-state index < -0.39 is 20.3 Å². The fraction of sp³-hybridized carbons (Fsp3) is 0.159. The van der Waals surface area contributed by atoms with Gasteiger partial charge in [-0.05, 0) is 115 Å². The number of nitrogens with one attached hydrogen (secondary N) is 2. The van der Waals surface area contributed by atoms with Gasteiger partial charge in [-0.1, -0.05) is 78.4 Å². The molecule has 0 aliphatic rings. The van der Waals surface area contributed by atoms with Gasteiger partial charge in [-0.2, -0.15) is 12.7 Å². The Morgan fingerprint density at radius 1 is 0.649 bits per heavy atom. The molecule has 0 unspecified atom stereocenters. The molecule has 0 fully saturated rings. The molecule has 1 amide bonds. The van der Waals surface area contributed by atoms with Crippen LogP contribution in [0.1, 0.15) is 32.6 Å². The fourth-order valence-electron chi connectivity index (χ4n) is 5.73. The van der Waals surface area contributed by atoms with E-state index in [-0.39, 0.29) is 42.0 Å². The van der Waals surface area contributed by atoms with Crippen molar-refractivity contribution in [3.63, 3.8) is 0 Å². The number of sulfonamides is 1. The van der Waals surface area contributed by atoms with Crippen molar-refractivity contribution in [2.75, 3.05) is 30.3 Å². The third kappa shape index (κ3) is 10.8.